The van der Waals surface area contributed by atoms with Crippen molar-refractivity contribution in [3.63, 3.8) is 0 Å². The second-order valence-electron chi connectivity index (χ2n) is 4.80. The number of carbonyl (C=O) groups excluding carboxylic acids is 1. The molecule has 1 fully saturated rings. The average Bonchev–Trinajstić information content (AvgIpc) is 2.39. The molecule has 0 amide bonds. The van der Waals surface area contributed by atoms with Gasteiger partial charge in [-0.25, -0.2) is 0 Å². The molecule has 2 rings (SSSR count). The molecule has 0 radical (unpaired) electrons. The van der Waals surface area contributed by atoms with Gasteiger partial charge in [0.2, 0.25) is 0 Å². The standard InChI is InChI=1S/C15H17NO/c1-2-11-5-8-15(17)14(9-11)13-6-3-12(10-16)4-7-13/h3-4,6-7,11,14H,2,5,8-9H2,1H3/t11-,14+/m0/s1. The number of ketones is 1. The third-order valence-electron chi connectivity index (χ3n) is 3.78. The van der Waals surface area contributed by atoms with Crippen molar-refractivity contribution in [2.45, 2.75) is 38.5 Å². The quantitative estimate of drug-likeness (QED) is 0.776. The summed E-state index contributed by atoms with van der Waals surface area (Å²) in [5.41, 5.74) is 1.73. The molecule has 0 saturated heterocycles. The summed E-state index contributed by atoms with van der Waals surface area (Å²) in [4.78, 5) is 11.9. The highest BCUT2D eigenvalue weighted by atomic mass is 16.1. The molecule has 17 heavy (non-hydrogen) atoms. The SMILES string of the molecule is CC[C@H]1CCC(=O)[C@@H](c2ccc(C#N)cc2)C1. The van der Waals surface area contributed by atoms with E-state index in [0.29, 0.717) is 23.7 Å². The molecule has 0 aliphatic heterocycles. The lowest BCUT2D eigenvalue weighted by atomic mass is 9.76. The molecule has 1 aliphatic rings. The normalized spacial score (nSPS) is 24.4. The van der Waals surface area contributed by atoms with Gasteiger partial charge in [-0.1, -0.05) is 25.5 Å². The second kappa shape index (κ2) is 5.14. The van der Waals surface area contributed by atoms with Crippen LogP contribution in [0.4, 0.5) is 0 Å². The predicted molar refractivity (Wildman–Crippen MR) is 66.5 cm³/mol. The fraction of sp³-hybridized carbons (Fsp3) is 0.467. The highest BCUT2D eigenvalue weighted by molar-refractivity contribution is 5.86. The maximum atomic E-state index is 11.9. The van der Waals surface area contributed by atoms with Gasteiger partial charge in [-0.2, -0.15) is 5.26 Å². The van der Waals surface area contributed by atoms with E-state index in [1.807, 2.05) is 12.1 Å². The van der Waals surface area contributed by atoms with Crippen LogP contribution >= 0.6 is 0 Å². The van der Waals surface area contributed by atoms with E-state index >= 15 is 0 Å². The molecule has 0 spiro atoms. The molecule has 2 atom stereocenters. The smallest absolute Gasteiger partial charge is 0.140 e. The number of nitrogens with zero attached hydrogens (tertiary/aromatic N) is 1. The van der Waals surface area contributed by atoms with Crippen molar-refractivity contribution in [3.05, 3.63) is 35.4 Å². The van der Waals surface area contributed by atoms with Crippen LogP contribution in [0.1, 0.15) is 49.7 Å². The summed E-state index contributed by atoms with van der Waals surface area (Å²) in [5, 5.41) is 8.75. The molecule has 1 aromatic carbocycles. The van der Waals surface area contributed by atoms with Crippen molar-refractivity contribution in [1.82, 2.24) is 0 Å². The number of rotatable bonds is 2. The molecule has 0 heterocycles. The zero-order valence-corrected chi connectivity index (χ0v) is 10.1. The summed E-state index contributed by atoms with van der Waals surface area (Å²) in [5.74, 6) is 1.09. The summed E-state index contributed by atoms with van der Waals surface area (Å²) < 4.78 is 0. The van der Waals surface area contributed by atoms with E-state index in [1.165, 1.54) is 0 Å². The van der Waals surface area contributed by atoms with Crippen LogP contribution in [-0.4, -0.2) is 5.78 Å². The van der Waals surface area contributed by atoms with E-state index in [2.05, 4.69) is 13.0 Å². The fourth-order valence-corrected chi connectivity index (χ4v) is 2.59. The first-order valence-corrected chi connectivity index (χ1v) is 6.27. The van der Waals surface area contributed by atoms with Crippen molar-refractivity contribution >= 4 is 5.78 Å². The average molecular weight is 227 g/mol. The largest absolute Gasteiger partial charge is 0.299 e. The molecule has 1 saturated carbocycles. The zero-order chi connectivity index (χ0) is 12.3. The lowest BCUT2D eigenvalue weighted by Gasteiger charge is -2.27. The van der Waals surface area contributed by atoms with Crippen LogP contribution in [0, 0.1) is 17.2 Å². The zero-order valence-electron chi connectivity index (χ0n) is 10.1. The van der Waals surface area contributed by atoms with Gasteiger partial charge in [0, 0.05) is 12.3 Å². The van der Waals surface area contributed by atoms with Gasteiger partial charge < -0.3 is 0 Å². The summed E-state index contributed by atoms with van der Waals surface area (Å²) in [6.07, 6.45) is 3.88. The molecular formula is C15H17NO. The van der Waals surface area contributed by atoms with Gasteiger partial charge in [-0.3, -0.25) is 4.79 Å². The first kappa shape index (κ1) is 11.9. The number of nitriles is 1. The minimum absolute atomic E-state index is 0.0569. The van der Waals surface area contributed by atoms with Crippen LogP contribution in [0.2, 0.25) is 0 Å². The molecule has 88 valence electrons. The Morgan fingerprint density at radius 1 is 1.35 bits per heavy atom. The third kappa shape index (κ3) is 2.55. The lowest BCUT2D eigenvalue weighted by molar-refractivity contribution is -0.122. The van der Waals surface area contributed by atoms with Crippen molar-refractivity contribution in [3.8, 4) is 6.07 Å². The molecule has 0 N–H and O–H groups in total. The number of carbonyl (C=O) groups is 1. The Balaban J connectivity index is 2.19. The van der Waals surface area contributed by atoms with Crippen LogP contribution in [-0.2, 0) is 4.79 Å². The number of benzene rings is 1. The van der Waals surface area contributed by atoms with Gasteiger partial charge in [-0.15, -0.1) is 0 Å². The highest BCUT2D eigenvalue weighted by Crippen LogP contribution is 2.35. The first-order chi connectivity index (χ1) is 8.24. The fourth-order valence-electron chi connectivity index (χ4n) is 2.59. The molecule has 1 aromatic rings. The van der Waals surface area contributed by atoms with E-state index in [0.717, 1.165) is 24.8 Å². The van der Waals surface area contributed by atoms with Crippen molar-refractivity contribution in [2.24, 2.45) is 5.92 Å². The van der Waals surface area contributed by atoms with Gasteiger partial charge in [-0.05, 0) is 36.5 Å². The highest BCUT2D eigenvalue weighted by Gasteiger charge is 2.28. The van der Waals surface area contributed by atoms with Crippen molar-refractivity contribution in [2.75, 3.05) is 0 Å². The molecular weight excluding hydrogens is 210 g/mol. The number of Topliss-reactive ketones (excluding diaryl/α,β-unsaturated/α-hetero) is 1. The molecule has 1 aliphatic carbocycles. The maximum absolute atomic E-state index is 11.9. The second-order valence-corrected chi connectivity index (χ2v) is 4.80. The van der Waals surface area contributed by atoms with Crippen LogP contribution in [0.5, 0.6) is 0 Å². The summed E-state index contributed by atoms with van der Waals surface area (Å²) >= 11 is 0. The van der Waals surface area contributed by atoms with Crippen molar-refractivity contribution < 1.29 is 4.79 Å². The van der Waals surface area contributed by atoms with Gasteiger partial charge >= 0.3 is 0 Å². The van der Waals surface area contributed by atoms with Crippen molar-refractivity contribution in [1.29, 1.82) is 5.26 Å². The molecule has 0 unspecified atom stereocenters. The van der Waals surface area contributed by atoms with Gasteiger partial charge in [0.15, 0.2) is 0 Å². The van der Waals surface area contributed by atoms with E-state index in [4.69, 9.17) is 5.26 Å². The Bertz CT molecular complexity index is 441. The minimum Gasteiger partial charge on any atom is -0.299 e. The van der Waals surface area contributed by atoms with Gasteiger partial charge in [0.25, 0.3) is 0 Å². The third-order valence-corrected chi connectivity index (χ3v) is 3.78. The van der Waals surface area contributed by atoms with Crippen LogP contribution in [0.25, 0.3) is 0 Å². The van der Waals surface area contributed by atoms with E-state index in [-0.39, 0.29) is 5.92 Å². The Morgan fingerprint density at radius 3 is 2.65 bits per heavy atom. The van der Waals surface area contributed by atoms with Gasteiger partial charge in [0.05, 0.1) is 11.6 Å². The molecule has 0 bridgehead atoms. The molecule has 2 heteroatoms. The first-order valence-electron chi connectivity index (χ1n) is 6.27. The maximum Gasteiger partial charge on any atom is 0.140 e. The van der Waals surface area contributed by atoms with Crippen LogP contribution in [0.3, 0.4) is 0 Å². The van der Waals surface area contributed by atoms with E-state index in [1.54, 1.807) is 12.1 Å². The van der Waals surface area contributed by atoms with E-state index < -0.39 is 0 Å². The topological polar surface area (TPSA) is 40.9 Å². The summed E-state index contributed by atoms with van der Waals surface area (Å²) in [7, 11) is 0. The Morgan fingerprint density at radius 2 is 2.06 bits per heavy atom. The monoisotopic (exact) mass is 227 g/mol. The Kier molecular flexibility index (Phi) is 3.58. The Hall–Kier alpha value is -1.62. The van der Waals surface area contributed by atoms with Crippen LogP contribution < -0.4 is 0 Å². The molecule has 0 aromatic heterocycles. The number of hydrogen-bond donors (Lipinski definition) is 0. The minimum atomic E-state index is 0.0569. The lowest BCUT2D eigenvalue weighted by Crippen LogP contribution is -2.22. The summed E-state index contributed by atoms with van der Waals surface area (Å²) in [6, 6.07) is 9.57. The van der Waals surface area contributed by atoms with Gasteiger partial charge in [0.1, 0.15) is 5.78 Å². The number of hydrogen-bond acceptors (Lipinski definition) is 2. The van der Waals surface area contributed by atoms with E-state index in [9.17, 15) is 4.79 Å². The summed E-state index contributed by atoms with van der Waals surface area (Å²) in [6.45, 7) is 2.19. The predicted octanol–water partition coefficient (Wildman–Crippen LogP) is 3.42. The Labute approximate surface area is 102 Å². The molecule has 2 nitrogen and oxygen atoms in total. The van der Waals surface area contributed by atoms with Crippen LogP contribution in [0.15, 0.2) is 24.3 Å².